The highest BCUT2D eigenvalue weighted by atomic mass is 16.5. The summed E-state index contributed by atoms with van der Waals surface area (Å²) in [6.07, 6.45) is -0.0451. The number of aromatic amines is 2. The number of fused-ring (bicyclic) bond motifs is 1. The van der Waals surface area contributed by atoms with Crippen molar-refractivity contribution in [1.29, 1.82) is 0 Å². The Hall–Kier alpha value is -4.17. The fourth-order valence-electron chi connectivity index (χ4n) is 4.18. The summed E-state index contributed by atoms with van der Waals surface area (Å²) in [5.74, 6) is -1.98. The number of morpholine rings is 1. The van der Waals surface area contributed by atoms with Gasteiger partial charge >= 0.3 is 5.69 Å². The number of carbonyl (C=O) groups excluding carboxylic acids is 4. The number of nitrogens with zero attached hydrogens (tertiary/aromatic N) is 1. The highest BCUT2D eigenvalue weighted by Crippen LogP contribution is 2.14. The quantitative estimate of drug-likeness (QED) is 0.0690. The van der Waals surface area contributed by atoms with Gasteiger partial charge in [-0.25, -0.2) is 10.2 Å². The Balaban J connectivity index is 1.22. The highest BCUT2D eigenvalue weighted by Gasteiger charge is 2.23. The number of ether oxygens (including phenoxy) is 1. The van der Waals surface area contributed by atoms with E-state index in [1.165, 1.54) is 6.92 Å². The van der Waals surface area contributed by atoms with Crippen molar-refractivity contribution in [1.82, 2.24) is 25.6 Å². The van der Waals surface area contributed by atoms with Crippen LogP contribution in [-0.4, -0.2) is 90.1 Å². The number of carbonyl (C=O) groups is 4. The van der Waals surface area contributed by atoms with Gasteiger partial charge in [-0.05, 0) is 42.8 Å². The number of nitrogens with one attached hydrogen (secondary N) is 6. The lowest BCUT2D eigenvalue weighted by atomic mass is 10.1. The van der Waals surface area contributed by atoms with E-state index in [-0.39, 0.29) is 18.7 Å². The summed E-state index contributed by atoms with van der Waals surface area (Å²) in [7, 11) is 0. The maximum Gasteiger partial charge on any atom is 0.323 e. The minimum Gasteiger partial charge on any atom is -0.379 e. The van der Waals surface area contributed by atoms with Gasteiger partial charge in [-0.2, -0.15) is 0 Å². The number of hydrogen-bond acceptors (Lipinski definition) is 10. The van der Waals surface area contributed by atoms with Crippen molar-refractivity contribution in [3.05, 3.63) is 58.5 Å². The average molecular weight is 552 g/mol. The van der Waals surface area contributed by atoms with E-state index in [0.717, 1.165) is 19.6 Å². The second kappa shape index (κ2) is 13.8. The summed E-state index contributed by atoms with van der Waals surface area (Å²) in [5, 5.41) is 5.69. The van der Waals surface area contributed by atoms with Crippen molar-refractivity contribution >= 4 is 45.7 Å². The summed E-state index contributed by atoms with van der Waals surface area (Å²) < 4.78 is 5.31. The SMILES string of the molecule is CC(=O)C(NNc1ccc2[nH]c(=O)[nH]c2c1)C(=O)Nc1ccc(CC(=O)C(=O)CNCCN2CCOCC2)cc1. The molecule has 0 radical (unpaired) electrons. The number of aromatic nitrogens is 2. The van der Waals surface area contributed by atoms with Crippen LogP contribution in [0, 0.1) is 0 Å². The molecule has 0 aliphatic carbocycles. The van der Waals surface area contributed by atoms with Crippen molar-refractivity contribution < 1.29 is 23.9 Å². The second-order valence-corrected chi connectivity index (χ2v) is 9.49. The molecule has 2 heterocycles. The summed E-state index contributed by atoms with van der Waals surface area (Å²) >= 11 is 0. The number of imidazole rings is 1. The molecular formula is C27H33N7O6. The number of amides is 1. The predicted molar refractivity (Wildman–Crippen MR) is 149 cm³/mol. The minimum atomic E-state index is -1.20. The molecule has 6 N–H and O–H groups in total. The Morgan fingerprint density at radius 3 is 2.38 bits per heavy atom. The lowest BCUT2D eigenvalue weighted by Gasteiger charge is -2.26. The van der Waals surface area contributed by atoms with Crippen LogP contribution in [-0.2, 0) is 30.3 Å². The van der Waals surface area contributed by atoms with Gasteiger partial charge in [0.25, 0.3) is 5.91 Å². The first-order chi connectivity index (χ1) is 19.3. The predicted octanol–water partition coefficient (Wildman–Crippen LogP) is -0.0285. The number of benzene rings is 2. The molecule has 1 aromatic heterocycles. The Morgan fingerprint density at radius 2 is 1.65 bits per heavy atom. The molecule has 0 saturated carbocycles. The van der Waals surface area contributed by atoms with Crippen LogP contribution >= 0.6 is 0 Å². The van der Waals surface area contributed by atoms with Crippen LogP contribution in [0.3, 0.4) is 0 Å². The molecule has 1 aliphatic rings. The largest absolute Gasteiger partial charge is 0.379 e. The maximum atomic E-state index is 12.8. The van der Waals surface area contributed by atoms with E-state index < -0.39 is 29.3 Å². The molecule has 0 spiro atoms. The van der Waals surface area contributed by atoms with Gasteiger partial charge in [0.2, 0.25) is 11.6 Å². The number of H-pyrrole nitrogens is 2. The number of ketones is 3. The average Bonchev–Trinajstić information content (AvgIpc) is 3.31. The van der Waals surface area contributed by atoms with Gasteiger partial charge in [0.05, 0.1) is 36.5 Å². The second-order valence-electron chi connectivity index (χ2n) is 9.49. The smallest absolute Gasteiger partial charge is 0.323 e. The van der Waals surface area contributed by atoms with Crippen LogP contribution in [0.15, 0.2) is 47.3 Å². The maximum absolute atomic E-state index is 12.8. The molecule has 1 unspecified atom stereocenters. The molecule has 1 amide bonds. The fraction of sp³-hybridized carbons (Fsp3) is 0.370. The number of hydrazine groups is 1. The van der Waals surface area contributed by atoms with Crippen LogP contribution < -0.4 is 27.2 Å². The fourth-order valence-corrected chi connectivity index (χ4v) is 4.18. The van der Waals surface area contributed by atoms with Crippen molar-refractivity contribution in [2.24, 2.45) is 0 Å². The molecule has 4 rings (SSSR count). The van der Waals surface area contributed by atoms with Crippen molar-refractivity contribution in [3.8, 4) is 0 Å². The third kappa shape index (κ3) is 8.16. The molecule has 1 saturated heterocycles. The van der Waals surface area contributed by atoms with Crippen LogP contribution in [0.25, 0.3) is 11.0 Å². The van der Waals surface area contributed by atoms with Crippen molar-refractivity contribution in [2.45, 2.75) is 19.4 Å². The number of anilines is 2. The van der Waals surface area contributed by atoms with Crippen LogP contribution in [0.5, 0.6) is 0 Å². The van der Waals surface area contributed by atoms with Gasteiger partial charge in [-0.1, -0.05) is 12.1 Å². The number of Topliss-reactive ketones (excluding diaryl/α,β-unsaturated/α-hetero) is 3. The molecular weight excluding hydrogens is 518 g/mol. The molecule has 3 aromatic rings. The summed E-state index contributed by atoms with van der Waals surface area (Å²) in [6.45, 7) is 5.83. The molecule has 2 aromatic carbocycles. The first kappa shape index (κ1) is 28.8. The van der Waals surface area contributed by atoms with Gasteiger partial charge in [-0.15, -0.1) is 0 Å². The Morgan fingerprint density at radius 1 is 0.950 bits per heavy atom. The molecule has 13 nitrogen and oxygen atoms in total. The van der Waals surface area contributed by atoms with Crippen LogP contribution in [0.2, 0.25) is 0 Å². The van der Waals surface area contributed by atoms with Gasteiger partial charge in [0, 0.05) is 38.3 Å². The van der Waals surface area contributed by atoms with E-state index in [0.29, 0.717) is 47.7 Å². The zero-order chi connectivity index (χ0) is 28.5. The third-order valence-corrected chi connectivity index (χ3v) is 6.44. The zero-order valence-corrected chi connectivity index (χ0v) is 22.2. The van der Waals surface area contributed by atoms with Crippen molar-refractivity contribution in [2.75, 3.05) is 56.7 Å². The molecule has 1 atom stereocenters. The number of hydrogen-bond donors (Lipinski definition) is 6. The van der Waals surface area contributed by atoms with E-state index in [2.05, 4.69) is 36.4 Å². The molecule has 40 heavy (non-hydrogen) atoms. The third-order valence-electron chi connectivity index (χ3n) is 6.44. The van der Waals surface area contributed by atoms with E-state index in [4.69, 9.17) is 4.74 Å². The molecule has 1 fully saturated rings. The molecule has 13 heteroatoms. The topological polar surface area (TPSA) is 178 Å². The molecule has 1 aliphatic heterocycles. The highest BCUT2D eigenvalue weighted by molar-refractivity contribution is 6.38. The Labute approximate surface area is 230 Å². The summed E-state index contributed by atoms with van der Waals surface area (Å²) in [5.41, 5.74) is 7.98. The zero-order valence-electron chi connectivity index (χ0n) is 22.2. The van der Waals surface area contributed by atoms with Gasteiger partial charge in [0.1, 0.15) is 0 Å². The van der Waals surface area contributed by atoms with Gasteiger partial charge < -0.3 is 30.8 Å². The van der Waals surface area contributed by atoms with Crippen LogP contribution in [0.1, 0.15) is 12.5 Å². The van der Waals surface area contributed by atoms with E-state index in [1.54, 1.807) is 42.5 Å². The monoisotopic (exact) mass is 551 g/mol. The summed E-state index contributed by atoms with van der Waals surface area (Å²) in [4.78, 5) is 68.4. The normalized spacial score (nSPS) is 14.5. The Kier molecular flexibility index (Phi) is 9.91. The van der Waals surface area contributed by atoms with E-state index >= 15 is 0 Å². The lowest BCUT2D eigenvalue weighted by molar-refractivity contribution is -0.135. The molecule has 0 bridgehead atoms. The minimum absolute atomic E-state index is 0.0121. The van der Waals surface area contributed by atoms with E-state index in [1.807, 2.05) is 0 Å². The van der Waals surface area contributed by atoms with Crippen molar-refractivity contribution in [3.63, 3.8) is 0 Å². The summed E-state index contributed by atoms with van der Waals surface area (Å²) in [6, 6.07) is 10.3. The lowest BCUT2D eigenvalue weighted by Crippen LogP contribution is -2.48. The van der Waals surface area contributed by atoms with Gasteiger partial charge in [0.15, 0.2) is 11.8 Å². The van der Waals surface area contributed by atoms with Gasteiger partial charge in [-0.3, -0.25) is 24.1 Å². The first-order valence-electron chi connectivity index (χ1n) is 13.0. The first-order valence-corrected chi connectivity index (χ1v) is 13.0. The Bertz CT molecular complexity index is 1410. The molecule has 212 valence electrons. The number of rotatable bonds is 14. The van der Waals surface area contributed by atoms with Crippen LogP contribution in [0.4, 0.5) is 11.4 Å². The van der Waals surface area contributed by atoms with E-state index in [9.17, 15) is 24.0 Å². The standard InChI is InChI=1S/C27H33N7O6/c1-17(35)25(33-32-20-6-7-21-22(15-20)31-27(39)30-21)26(38)29-19-4-2-18(3-5-19)14-23(36)24(37)16-28-8-9-34-10-12-40-13-11-34/h2-7,15,25,28,32-33H,8-14,16H2,1H3,(H,29,38)(H2,30,31,39).